The molecule has 3 rings (SSSR count). The first-order valence-corrected chi connectivity index (χ1v) is 8.36. The highest BCUT2D eigenvalue weighted by Gasteiger charge is 2.19. The number of hydrogen-bond acceptors (Lipinski definition) is 3. The predicted molar refractivity (Wildman–Crippen MR) is 90.3 cm³/mol. The largest absolute Gasteiger partial charge is 0.355 e. The van der Waals surface area contributed by atoms with E-state index in [1.54, 1.807) is 0 Å². The molecular weight excluding hydrogens is 312 g/mol. The average Bonchev–Trinajstić information content (AvgIpc) is 2.89. The van der Waals surface area contributed by atoms with Gasteiger partial charge < -0.3 is 10.6 Å². The Balaban J connectivity index is 1.57. The minimum atomic E-state index is -0.107. The van der Waals surface area contributed by atoms with Crippen LogP contribution in [0.25, 0.3) is 0 Å². The molecule has 1 aromatic carbocycles. The average molecular weight is 333 g/mol. The summed E-state index contributed by atoms with van der Waals surface area (Å²) in [6.45, 7) is 2.07. The smallest absolute Gasteiger partial charge is 0.237 e. The summed E-state index contributed by atoms with van der Waals surface area (Å²) in [4.78, 5) is 11.9. The summed E-state index contributed by atoms with van der Waals surface area (Å²) in [7, 11) is 0. The van der Waals surface area contributed by atoms with Gasteiger partial charge in [-0.05, 0) is 30.9 Å². The minimum absolute atomic E-state index is 0.103. The van der Waals surface area contributed by atoms with E-state index in [-0.39, 0.29) is 11.9 Å². The van der Waals surface area contributed by atoms with Gasteiger partial charge in [0.25, 0.3) is 0 Å². The van der Waals surface area contributed by atoms with Crippen molar-refractivity contribution in [2.24, 2.45) is 0 Å². The molecule has 2 heterocycles. The lowest BCUT2D eigenvalue weighted by molar-refractivity contribution is -0.122. The van der Waals surface area contributed by atoms with Crippen molar-refractivity contribution in [3.8, 4) is 0 Å². The molecule has 122 valence electrons. The van der Waals surface area contributed by atoms with E-state index in [4.69, 9.17) is 11.6 Å². The Kier molecular flexibility index (Phi) is 5.31. The molecule has 0 saturated carbocycles. The molecule has 0 radical (unpaired) electrons. The maximum absolute atomic E-state index is 11.9. The summed E-state index contributed by atoms with van der Waals surface area (Å²) in [5.41, 5.74) is 2.11. The third kappa shape index (κ3) is 4.33. The minimum Gasteiger partial charge on any atom is -0.355 e. The molecule has 1 amide bonds. The number of carbonyl (C=O) groups excluding carboxylic acids is 1. The lowest BCUT2D eigenvalue weighted by Gasteiger charge is -2.14. The summed E-state index contributed by atoms with van der Waals surface area (Å²) in [6.07, 6.45) is 6.84. The van der Waals surface area contributed by atoms with Gasteiger partial charge in [0, 0.05) is 29.9 Å². The topological polar surface area (TPSA) is 59.0 Å². The van der Waals surface area contributed by atoms with Gasteiger partial charge >= 0.3 is 0 Å². The van der Waals surface area contributed by atoms with E-state index in [9.17, 15) is 4.79 Å². The highest BCUT2D eigenvalue weighted by Crippen LogP contribution is 2.16. The number of hydrogen-bond donors (Lipinski definition) is 2. The maximum Gasteiger partial charge on any atom is 0.237 e. The zero-order valence-corrected chi connectivity index (χ0v) is 13.7. The van der Waals surface area contributed by atoms with Crippen LogP contribution < -0.4 is 10.6 Å². The maximum atomic E-state index is 11.9. The zero-order chi connectivity index (χ0) is 16.1. The van der Waals surface area contributed by atoms with Crippen molar-refractivity contribution in [2.75, 3.05) is 6.54 Å². The van der Waals surface area contributed by atoms with Gasteiger partial charge in [0.15, 0.2) is 0 Å². The molecule has 1 atom stereocenters. The van der Waals surface area contributed by atoms with E-state index < -0.39 is 0 Å². The lowest BCUT2D eigenvalue weighted by Crippen LogP contribution is -2.42. The second kappa shape index (κ2) is 7.62. The molecule has 2 aromatic rings. The number of nitrogens with zero attached hydrogens (tertiary/aromatic N) is 2. The van der Waals surface area contributed by atoms with Gasteiger partial charge in [-0.15, -0.1) is 0 Å². The van der Waals surface area contributed by atoms with Crippen LogP contribution >= 0.6 is 11.6 Å². The molecule has 1 fully saturated rings. The SMILES string of the molecule is O=C1NCCCC[C@@H]1NCc1cnn(Cc2ccccc2Cl)c1. The number of nitrogens with one attached hydrogen (secondary N) is 2. The number of amides is 1. The fourth-order valence-corrected chi connectivity index (χ4v) is 2.96. The molecule has 0 bridgehead atoms. The first kappa shape index (κ1) is 16.0. The molecule has 23 heavy (non-hydrogen) atoms. The Morgan fingerprint density at radius 1 is 1.35 bits per heavy atom. The van der Waals surface area contributed by atoms with E-state index >= 15 is 0 Å². The molecule has 6 heteroatoms. The first-order valence-electron chi connectivity index (χ1n) is 7.98. The lowest BCUT2D eigenvalue weighted by atomic mass is 10.1. The van der Waals surface area contributed by atoms with Crippen molar-refractivity contribution in [3.05, 3.63) is 52.8 Å². The zero-order valence-electron chi connectivity index (χ0n) is 13.0. The van der Waals surface area contributed by atoms with Crippen LogP contribution in [0.4, 0.5) is 0 Å². The first-order chi connectivity index (χ1) is 11.2. The normalized spacial score (nSPS) is 18.5. The molecule has 1 aliphatic rings. The molecule has 0 unspecified atom stereocenters. The summed E-state index contributed by atoms with van der Waals surface area (Å²) >= 11 is 6.18. The van der Waals surface area contributed by atoms with Gasteiger partial charge in [0.05, 0.1) is 18.8 Å². The second-order valence-electron chi connectivity index (χ2n) is 5.86. The predicted octanol–water partition coefficient (Wildman–Crippen LogP) is 2.34. The highest BCUT2D eigenvalue weighted by atomic mass is 35.5. The third-order valence-corrected chi connectivity index (χ3v) is 4.43. The van der Waals surface area contributed by atoms with E-state index in [1.165, 1.54) is 0 Å². The fraction of sp³-hybridized carbons (Fsp3) is 0.412. The summed E-state index contributed by atoms with van der Waals surface area (Å²) < 4.78 is 1.87. The number of rotatable bonds is 5. The Morgan fingerprint density at radius 2 is 2.22 bits per heavy atom. The van der Waals surface area contributed by atoms with Gasteiger partial charge in [-0.1, -0.05) is 29.8 Å². The standard InChI is InChI=1S/C17H21ClN4O/c18-15-6-2-1-5-14(15)12-22-11-13(10-21-22)9-20-16-7-3-4-8-19-17(16)23/h1-2,5-6,10-11,16,20H,3-4,7-9,12H2,(H,19,23)/t16-/m0/s1. The van der Waals surface area contributed by atoms with E-state index in [1.807, 2.05) is 41.3 Å². The molecule has 1 aromatic heterocycles. The van der Waals surface area contributed by atoms with Crippen LogP contribution in [0.3, 0.4) is 0 Å². The molecule has 2 N–H and O–H groups in total. The molecular formula is C17H21ClN4O. The van der Waals surface area contributed by atoms with Crippen molar-refractivity contribution >= 4 is 17.5 Å². The van der Waals surface area contributed by atoms with Gasteiger partial charge in [-0.2, -0.15) is 5.10 Å². The molecule has 5 nitrogen and oxygen atoms in total. The van der Waals surface area contributed by atoms with Crippen molar-refractivity contribution in [1.82, 2.24) is 20.4 Å². The molecule has 0 spiro atoms. The highest BCUT2D eigenvalue weighted by molar-refractivity contribution is 6.31. The van der Waals surface area contributed by atoms with E-state index in [2.05, 4.69) is 15.7 Å². The van der Waals surface area contributed by atoms with Crippen LogP contribution in [0.2, 0.25) is 5.02 Å². The van der Waals surface area contributed by atoms with Gasteiger partial charge in [-0.3, -0.25) is 9.48 Å². The van der Waals surface area contributed by atoms with Crippen LogP contribution in [-0.2, 0) is 17.9 Å². The summed E-state index contributed by atoms with van der Waals surface area (Å²) in [5, 5.41) is 11.4. The van der Waals surface area contributed by atoms with Crippen molar-refractivity contribution in [2.45, 2.75) is 38.4 Å². The van der Waals surface area contributed by atoms with Crippen LogP contribution in [0.5, 0.6) is 0 Å². The monoisotopic (exact) mass is 332 g/mol. The fourth-order valence-electron chi connectivity index (χ4n) is 2.76. The third-order valence-electron chi connectivity index (χ3n) is 4.06. The van der Waals surface area contributed by atoms with Gasteiger partial charge in [0.1, 0.15) is 0 Å². The van der Waals surface area contributed by atoms with Crippen LogP contribution in [-0.4, -0.2) is 28.3 Å². The number of benzene rings is 1. The Morgan fingerprint density at radius 3 is 3.09 bits per heavy atom. The van der Waals surface area contributed by atoms with Crippen molar-refractivity contribution in [1.29, 1.82) is 0 Å². The van der Waals surface area contributed by atoms with Crippen LogP contribution in [0.15, 0.2) is 36.7 Å². The van der Waals surface area contributed by atoms with Crippen molar-refractivity contribution in [3.63, 3.8) is 0 Å². The molecule has 1 aliphatic heterocycles. The number of carbonyl (C=O) groups is 1. The van der Waals surface area contributed by atoms with E-state index in [0.717, 1.165) is 42.0 Å². The quantitative estimate of drug-likeness (QED) is 0.883. The van der Waals surface area contributed by atoms with Gasteiger partial charge in [-0.25, -0.2) is 0 Å². The number of halogens is 1. The Bertz CT molecular complexity index is 670. The molecule has 0 aliphatic carbocycles. The van der Waals surface area contributed by atoms with Crippen LogP contribution in [0.1, 0.15) is 30.4 Å². The Labute approximate surface area is 141 Å². The van der Waals surface area contributed by atoms with Crippen molar-refractivity contribution < 1.29 is 4.79 Å². The van der Waals surface area contributed by atoms with E-state index in [0.29, 0.717) is 13.1 Å². The van der Waals surface area contributed by atoms with Crippen LogP contribution in [0, 0.1) is 0 Å². The second-order valence-corrected chi connectivity index (χ2v) is 6.27. The van der Waals surface area contributed by atoms with Gasteiger partial charge in [0.2, 0.25) is 5.91 Å². The Hall–Kier alpha value is -1.85. The summed E-state index contributed by atoms with van der Waals surface area (Å²) in [6, 6.07) is 7.66. The molecule has 1 saturated heterocycles. The number of aromatic nitrogens is 2. The summed E-state index contributed by atoms with van der Waals surface area (Å²) in [5.74, 6) is 0.103.